The van der Waals surface area contributed by atoms with Crippen LogP contribution < -0.4 is 0 Å². The molecule has 0 N–H and O–H groups in total. The van der Waals surface area contributed by atoms with Gasteiger partial charge in [-0.25, -0.2) is 4.79 Å². The second kappa shape index (κ2) is 7.69. The molecule has 3 rings (SSSR count). The van der Waals surface area contributed by atoms with E-state index in [1.165, 1.54) is 12.1 Å². The standard InChI is InChI=1S/C19H16N2O6/c1-26-16(22)11-20(19(25)27-12-13-7-3-2-4-8-13)21-17(23)14-9-5-6-10-15(14)18(21)24/h2-10H,11-12H2,1H3. The van der Waals surface area contributed by atoms with E-state index >= 15 is 0 Å². The van der Waals surface area contributed by atoms with E-state index in [1.807, 2.05) is 6.07 Å². The second-order valence-corrected chi connectivity index (χ2v) is 5.64. The molecule has 0 spiro atoms. The lowest BCUT2D eigenvalue weighted by Crippen LogP contribution is -2.52. The predicted octanol–water partition coefficient (Wildman–Crippen LogP) is 2.01. The Balaban J connectivity index is 1.83. The van der Waals surface area contributed by atoms with Gasteiger partial charge in [-0.1, -0.05) is 42.5 Å². The second-order valence-electron chi connectivity index (χ2n) is 5.64. The number of hydrazine groups is 1. The lowest BCUT2D eigenvalue weighted by atomic mass is 10.1. The van der Waals surface area contributed by atoms with E-state index < -0.39 is 30.4 Å². The lowest BCUT2D eigenvalue weighted by Gasteiger charge is -2.27. The molecule has 0 atom stereocenters. The molecule has 2 aromatic rings. The molecule has 0 aliphatic carbocycles. The number of esters is 1. The molecule has 3 amide bonds. The van der Waals surface area contributed by atoms with Crippen LogP contribution in [0, 0.1) is 0 Å². The highest BCUT2D eigenvalue weighted by Gasteiger charge is 2.42. The number of ether oxygens (including phenoxy) is 2. The van der Waals surface area contributed by atoms with Crippen molar-refractivity contribution in [2.45, 2.75) is 6.61 Å². The zero-order chi connectivity index (χ0) is 19.4. The summed E-state index contributed by atoms with van der Waals surface area (Å²) in [6.45, 7) is -0.726. The number of benzene rings is 2. The fourth-order valence-corrected chi connectivity index (χ4v) is 2.59. The van der Waals surface area contributed by atoms with Gasteiger partial charge in [0.25, 0.3) is 11.8 Å². The summed E-state index contributed by atoms with van der Waals surface area (Å²) < 4.78 is 9.74. The van der Waals surface area contributed by atoms with Crippen molar-refractivity contribution in [1.29, 1.82) is 0 Å². The van der Waals surface area contributed by atoms with E-state index in [0.29, 0.717) is 15.6 Å². The maximum atomic E-state index is 12.6. The molecule has 0 saturated heterocycles. The number of hydrogen-bond donors (Lipinski definition) is 0. The largest absolute Gasteiger partial charge is 0.468 e. The van der Waals surface area contributed by atoms with Crippen LogP contribution in [0.2, 0.25) is 0 Å². The Bertz CT molecular complexity index is 861. The maximum absolute atomic E-state index is 12.6. The van der Waals surface area contributed by atoms with Gasteiger partial charge < -0.3 is 9.47 Å². The number of fused-ring (bicyclic) bond motifs is 1. The Morgan fingerprint density at radius 2 is 1.48 bits per heavy atom. The van der Waals surface area contributed by atoms with Gasteiger partial charge in [-0.2, -0.15) is 10.0 Å². The summed E-state index contributed by atoms with van der Waals surface area (Å²) in [4.78, 5) is 49.5. The van der Waals surface area contributed by atoms with E-state index in [0.717, 1.165) is 7.11 Å². The maximum Gasteiger partial charge on any atom is 0.430 e. The molecular weight excluding hydrogens is 352 g/mol. The van der Waals surface area contributed by atoms with Crippen molar-refractivity contribution >= 4 is 23.9 Å². The zero-order valence-electron chi connectivity index (χ0n) is 14.5. The molecule has 0 saturated carbocycles. The molecule has 8 heteroatoms. The number of hydrogen-bond acceptors (Lipinski definition) is 6. The summed E-state index contributed by atoms with van der Waals surface area (Å²) in [5.74, 6) is -2.23. The third kappa shape index (κ3) is 3.64. The fraction of sp³-hybridized carbons (Fsp3) is 0.158. The average Bonchev–Trinajstić information content (AvgIpc) is 2.95. The van der Waals surface area contributed by atoms with Crippen molar-refractivity contribution in [3.8, 4) is 0 Å². The Labute approximate surface area is 154 Å². The SMILES string of the molecule is COC(=O)CN(C(=O)OCc1ccccc1)N1C(=O)c2ccccc2C1=O. The van der Waals surface area contributed by atoms with Crippen LogP contribution in [0.25, 0.3) is 0 Å². The highest BCUT2D eigenvalue weighted by Crippen LogP contribution is 2.24. The van der Waals surface area contributed by atoms with Crippen LogP contribution in [0.15, 0.2) is 54.6 Å². The van der Waals surface area contributed by atoms with Crippen LogP contribution in [0.4, 0.5) is 4.79 Å². The van der Waals surface area contributed by atoms with Gasteiger partial charge in [0, 0.05) is 0 Å². The van der Waals surface area contributed by atoms with Crippen molar-refractivity contribution < 1.29 is 28.7 Å². The smallest absolute Gasteiger partial charge is 0.430 e. The van der Waals surface area contributed by atoms with Crippen molar-refractivity contribution in [2.75, 3.05) is 13.7 Å². The van der Waals surface area contributed by atoms with Crippen LogP contribution in [0.5, 0.6) is 0 Å². The molecule has 138 valence electrons. The van der Waals surface area contributed by atoms with Crippen LogP contribution in [0.1, 0.15) is 26.3 Å². The van der Waals surface area contributed by atoms with Crippen LogP contribution in [-0.2, 0) is 20.9 Å². The normalized spacial score (nSPS) is 12.6. The third-order valence-corrected chi connectivity index (χ3v) is 3.94. The zero-order valence-corrected chi connectivity index (χ0v) is 14.5. The monoisotopic (exact) mass is 368 g/mol. The Morgan fingerprint density at radius 1 is 0.926 bits per heavy atom. The Morgan fingerprint density at radius 3 is 2.04 bits per heavy atom. The molecule has 2 aromatic carbocycles. The Hall–Kier alpha value is -3.68. The molecule has 0 bridgehead atoms. The summed E-state index contributed by atoms with van der Waals surface area (Å²) >= 11 is 0. The molecule has 8 nitrogen and oxygen atoms in total. The molecule has 1 aliphatic rings. The predicted molar refractivity (Wildman–Crippen MR) is 92.3 cm³/mol. The molecule has 27 heavy (non-hydrogen) atoms. The topological polar surface area (TPSA) is 93.2 Å². The quantitative estimate of drug-likeness (QED) is 0.592. The number of rotatable bonds is 5. The fourth-order valence-electron chi connectivity index (χ4n) is 2.59. The summed E-state index contributed by atoms with van der Waals surface area (Å²) in [6, 6.07) is 15.0. The molecule has 1 aliphatic heterocycles. The first-order valence-electron chi connectivity index (χ1n) is 8.05. The first-order chi connectivity index (χ1) is 13.0. The van der Waals surface area contributed by atoms with Crippen LogP contribution in [-0.4, -0.2) is 47.5 Å². The summed E-state index contributed by atoms with van der Waals surface area (Å²) in [5.41, 5.74) is 1.01. The number of carbonyl (C=O) groups excluding carboxylic acids is 4. The number of nitrogens with zero attached hydrogens (tertiary/aromatic N) is 2. The van der Waals surface area contributed by atoms with Crippen LogP contribution >= 0.6 is 0 Å². The van der Waals surface area contributed by atoms with Crippen molar-refractivity contribution in [2.24, 2.45) is 0 Å². The van der Waals surface area contributed by atoms with Gasteiger partial charge in [-0.3, -0.25) is 14.4 Å². The molecule has 1 heterocycles. The minimum Gasteiger partial charge on any atom is -0.468 e. The van der Waals surface area contributed by atoms with Gasteiger partial charge in [-0.05, 0) is 17.7 Å². The van der Waals surface area contributed by atoms with E-state index in [-0.39, 0.29) is 17.7 Å². The average molecular weight is 368 g/mol. The highest BCUT2D eigenvalue weighted by atomic mass is 16.6. The van der Waals surface area contributed by atoms with Crippen LogP contribution in [0.3, 0.4) is 0 Å². The Kier molecular flexibility index (Phi) is 5.16. The van der Waals surface area contributed by atoms with Gasteiger partial charge >= 0.3 is 12.1 Å². The van der Waals surface area contributed by atoms with Gasteiger partial charge in [0.1, 0.15) is 13.2 Å². The van der Waals surface area contributed by atoms with E-state index in [4.69, 9.17) is 4.74 Å². The van der Waals surface area contributed by atoms with E-state index in [2.05, 4.69) is 4.74 Å². The first kappa shape index (κ1) is 18.1. The minimum atomic E-state index is -1.02. The van der Waals surface area contributed by atoms with E-state index in [9.17, 15) is 19.2 Å². The van der Waals surface area contributed by atoms with E-state index in [1.54, 1.807) is 36.4 Å². The van der Waals surface area contributed by atoms with Gasteiger partial charge in [-0.15, -0.1) is 0 Å². The number of methoxy groups -OCH3 is 1. The third-order valence-electron chi connectivity index (χ3n) is 3.94. The number of imide groups is 1. The van der Waals surface area contributed by atoms with Gasteiger partial charge in [0.05, 0.1) is 18.2 Å². The summed E-state index contributed by atoms with van der Waals surface area (Å²) in [7, 11) is 1.14. The summed E-state index contributed by atoms with van der Waals surface area (Å²) in [6.07, 6.45) is -1.02. The minimum absolute atomic E-state index is 0.0828. The molecule has 0 aromatic heterocycles. The van der Waals surface area contributed by atoms with Gasteiger partial charge in [0.2, 0.25) is 0 Å². The number of amides is 3. The molecule has 0 fully saturated rings. The van der Waals surface area contributed by atoms with Crippen molar-refractivity contribution in [1.82, 2.24) is 10.0 Å². The van der Waals surface area contributed by atoms with Crippen molar-refractivity contribution in [3.05, 3.63) is 71.3 Å². The molecular formula is C19H16N2O6. The summed E-state index contributed by atoms with van der Waals surface area (Å²) in [5, 5.41) is 1.26. The first-order valence-corrected chi connectivity index (χ1v) is 8.05. The highest BCUT2D eigenvalue weighted by molar-refractivity contribution is 6.21. The molecule has 0 radical (unpaired) electrons. The van der Waals surface area contributed by atoms with Gasteiger partial charge in [0.15, 0.2) is 0 Å². The van der Waals surface area contributed by atoms with Crippen molar-refractivity contribution in [3.63, 3.8) is 0 Å². The molecule has 0 unspecified atom stereocenters. The lowest BCUT2D eigenvalue weighted by molar-refractivity contribution is -0.143. The number of carbonyl (C=O) groups is 4.